The lowest BCUT2D eigenvalue weighted by Gasteiger charge is -2.11. The third-order valence-corrected chi connectivity index (χ3v) is 4.41. The molecule has 3 N–H and O–H groups in total. The molecule has 1 saturated heterocycles. The van der Waals surface area contributed by atoms with Crippen LogP contribution in [0.2, 0.25) is 5.02 Å². The predicted octanol–water partition coefficient (Wildman–Crippen LogP) is 0.896. The second-order valence-electron chi connectivity index (χ2n) is 4.54. The van der Waals surface area contributed by atoms with Gasteiger partial charge in [0.25, 0.3) is 5.91 Å². The number of rotatable bonds is 4. The zero-order valence-electron chi connectivity index (χ0n) is 10.6. The Bertz CT molecular complexity index is 612. The summed E-state index contributed by atoms with van der Waals surface area (Å²) >= 11 is 5.76. The van der Waals surface area contributed by atoms with Crippen LogP contribution in [0, 0.1) is 0 Å². The van der Waals surface area contributed by atoms with Crippen LogP contribution in [-0.2, 0) is 14.8 Å². The lowest BCUT2D eigenvalue weighted by Crippen LogP contribution is -2.31. The molecule has 1 aliphatic rings. The van der Waals surface area contributed by atoms with Gasteiger partial charge in [-0.05, 0) is 31.0 Å². The van der Waals surface area contributed by atoms with Crippen molar-refractivity contribution in [3.8, 4) is 0 Å². The van der Waals surface area contributed by atoms with Gasteiger partial charge in [-0.1, -0.05) is 11.6 Å². The average Bonchev–Trinajstić information content (AvgIpc) is 2.88. The van der Waals surface area contributed by atoms with Gasteiger partial charge >= 0.3 is 0 Å². The standard InChI is InChI=1S/C12H15ClN2O4S/c13-10-4-3-8(6-11(10)20(14,17)18)12(16)15-7-9-2-1-5-19-9/h3-4,6,9H,1-2,5,7H2,(H,15,16)(H2,14,17,18). The van der Waals surface area contributed by atoms with Crippen LogP contribution in [0.4, 0.5) is 0 Å². The van der Waals surface area contributed by atoms with E-state index < -0.39 is 10.0 Å². The maximum atomic E-state index is 11.9. The van der Waals surface area contributed by atoms with Gasteiger partial charge in [0, 0.05) is 18.7 Å². The van der Waals surface area contributed by atoms with E-state index in [9.17, 15) is 13.2 Å². The molecular weight excluding hydrogens is 304 g/mol. The Labute approximate surface area is 122 Å². The van der Waals surface area contributed by atoms with Gasteiger partial charge in [0.2, 0.25) is 10.0 Å². The zero-order valence-corrected chi connectivity index (χ0v) is 12.2. The van der Waals surface area contributed by atoms with Gasteiger partial charge < -0.3 is 10.1 Å². The van der Waals surface area contributed by atoms with Crippen LogP contribution in [0.15, 0.2) is 23.1 Å². The fourth-order valence-electron chi connectivity index (χ4n) is 1.98. The number of primary sulfonamides is 1. The first-order chi connectivity index (χ1) is 9.38. The summed E-state index contributed by atoms with van der Waals surface area (Å²) in [7, 11) is -3.96. The molecule has 2 rings (SSSR count). The fourth-order valence-corrected chi connectivity index (χ4v) is 3.05. The third-order valence-electron chi connectivity index (χ3n) is 3.01. The van der Waals surface area contributed by atoms with Crippen molar-refractivity contribution in [1.82, 2.24) is 5.32 Å². The summed E-state index contributed by atoms with van der Waals surface area (Å²) in [5, 5.41) is 7.72. The molecule has 0 radical (unpaired) electrons. The quantitative estimate of drug-likeness (QED) is 0.861. The zero-order chi connectivity index (χ0) is 14.8. The van der Waals surface area contributed by atoms with Crippen molar-refractivity contribution >= 4 is 27.5 Å². The Morgan fingerprint density at radius 3 is 2.85 bits per heavy atom. The second kappa shape index (κ2) is 6.09. The highest BCUT2D eigenvalue weighted by Gasteiger charge is 2.19. The van der Waals surface area contributed by atoms with E-state index in [0.29, 0.717) is 13.2 Å². The number of hydrogen-bond acceptors (Lipinski definition) is 4. The van der Waals surface area contributed by atoms with Gasteiger partial charge in [-0.25, -0.2) is 13.6 Å². The number of carbonyl (C=O) groups excluding carboxylic acids is 1. The summed E-state index contributed by atoms with van der Waals surface area (Å²) in [6.45, 7) is 1.10. The summed E-state index contributed by atoms with van der Waals surface area (Å²) < 4.78 is 28.1. The largest absolute Gasteiger partial charge is 0.376 e. The molecule has 8 heteroatoms. The second-order valence-corrected chi connectivity index (χ2v) is 6.47. The van der Waals surface area contributed by atoms with Crippen LogP contribution in [0.1, 0.15) is 23.2 Å². The normalized spacial score (nSPS) is 19.0. The number of benzene rings is 1. The summed E-state index contributed by atoms with van der Waals surface area (Å²) in [5.41, 5.74) is 0.191. The molecule has 20 heavy (non-hydrogen) atoms. The summed E-state index contributed by atoms with van der Waals surface area (Å²) in [4.78, 5) is 11.7. The average molecular weight is 319 g/mol. The molecule has 1 fully saturated rings. The van der Waals surface area contributed by atoms with E-state index >= 15 is 0 Å². The van der Waals surface area contributed by atoms with Gasteiger partial charge in [-0.2, -0.15) is 0 Å². The summed E-state index contributed by atoms with van der Waals surface area (Å²) in [6.07, 6.45) is 1.91. The molecule has 0 aromatic heterocycles. The smallest absolute Gasteiger partial charge is 0.251 e. The Morgan fingerprint density at radius 2 is 2.25 bits per heavy atom. The van der Waals surface area contributed by atoms with Crippen molar-refractivity contribution in [2.75, 3.05) is 13.2 Å². The molecule has 1 amide bonds. The molecular formula is C12H15ClN2O4S. The van der Waals surface area contributed by atoms with E-state index in [1.165, 1.54) is 18.2 Å². The highest BCUT2D eigenvalue weighted by molar-refractivity contribution is 7.89. The van der Waals surface area contributed by atoms with Crippen molar-refractivity contribution in [3.05, 3.63) is 28.8 Å². The minimum atomic E-state index is -3.96. The van der Waals surface area contributed by atoms with Crippen LogP contribution in [0.25, 0.3) is 0 Å². The molecule has 110 valence electrons. The number of amides is 1. The fraction of sp³-hybridized carbons (Fsp3) is 0.417. The topological polar surface area (TPSA) is 98.5 Å². The van der Waals surface area contributed by atoms with Crippen LogP contribution >= 0.6 is 11.6 Å². The number of ether oxygens (including phenoxy) is 1. The summed E-state index contributed by atoms with van der Waals surface area (Å²) in [6, 6.07) is 3.95. The number of nitrogens with two attached hydrogens (primary N) is 1. The highest BCUT2D eigenvalue weighted by Crippen LogP contribution is 2.21. The Kier molecular flexibility index (Phi) is 4.64. The van der Waals surface area contributed by atoms with Crippen LogP contribution in [0.5, 0.6) is 0 Å². The molecule has 1 atom stereocenters. The molecule has 1 unspecified atom stereocenters. The maximum absolute atomic E-state index is 11.9. The first-order valence-electron chi connectivity index (χ1n) is 6.10. The van der Waals surface area contributed by atoms with Crippen molar-refractivity contribution in [1.29, 1.82) is 0 Å². The molecule has 1 aromatic rings. The van der Waals surface area contributed by atoms with Crippen molar-refractivity contribution in [3.63, 3.8) is 0 Å². The Morgan fingerprint density at radius 1 is 1.50 bits per heavy atom. The first-order valence-corrected chi connectivity index (χ1v) is 8.02. The number of halogens is 1. The lowest BCUT2D eigenvalue weighted by molar-refractivity contribution is 0.0857. The van der Waals surface area contributed by atoms with Gasteiger partial charge in [-0.15, -0.1) is 0 Å². The van der Waals surface area contributed by atoms with Gasteiger partial charge in [0.05, 0.1) is 11.1 Å². The molecule has 0 bridgehead atoms. The van der Waals surface area contributed by atoms with Crippen LogP contribution in [-0.4, -0.2) is 33.6 Å². The monoisotopic (exact) mass is 318 g/mol. The molecule has 0 saturated carbocycles. The molecule has 0 spiro atoms. The number of hydrogen-bond donors (Lipinski definition) is 2. The Hall–Kier alpha value is -1.15. The molecule has 6 nitrogen and oxygen atoms in total. The third kappa shape index (κ3) is 3.69. The van der Waals surface area contributed by atoms with Crippen LogP contribution < -0.4 is 10.5 Å². The van der Waals surface area contributed by atoms with Gasteiger partial charge in [0.15, 0.2) is 0 Å². The first kappa shape index (κ1) is 15.2. The number of sulfonamides is 1. The predicted molar refractivity (Wildman–Crippen MR) is 74.1 cm³/mol. The van der Waals surface area contributed by atoms with Gasteiger partial charge in [-0.3, -0.25) is 4.79 Å². The number of carbonyl (C=O) groups is 1. The van der Waals surface area contributed by atoms with E-state index in [0.717, 1.165) is 12.8 Å². The lowest BCUT2D eigenvalue weighted by atomic mass is 10.2. The Balaban J connectivity index is 2.10. The van der Waals surface area contributed by atoms with E-state index in [1.54, 1.807) is 0 Å². The van der Waals surface area contributed by atoms with E-state index in [-0.39, 0.29) is 27.5 Å². The molecule has 0 aliphatic carbocycles. The van der Waals surface area contributed by atoms with Crippen molar-refractivity contribution < 1.29 is 17.9 Å². The van der Waals surface area contributed by atoms with Crippen molar-refractivity contribution in [2.45, 2.75) is 23.8 Å². The molecule has 1 aliphatic heterocycles. The number of nitrogens with one attached hydrogen (secondary N) is 1. The minimum Gasteiger partial charge on any atom is -0.376 e. The molecule has 1 aromatic carbocycles. The maximum Gasteiger partial charge on any atom is 0.251 e. The minimum absolute atomic E-state index is 0.0109. The molecule has 1 heterocycles. The van der Waals surface area contributed by atoms with E-state index in [4.69, 9.17) is 21.5 Å². The SMILES string of the molecule is NS(=O)(=O)c1cc(C(=O)NCC2CCCO2)ccc1Cl. The van der Waals surface area contributed by atoms with E-state index in [2.05, 4.69) is 5.32 Å². The van der Waals surface area contributed by atoms with Gasteiger partial charge in [0.1, 0.15) is 4.90 Å². The summed E-state index contributed by atoms with van der Waals surface area (Å²) in [5.74, 6) is -0.387. The highest BCUT2D eigenvalue weighted by atomic mass is 35.5. The van der Waals surface area contributed by atoms with Crippen molar-refractivity contribution in [2.24, 2.45) is 5.14 Å². The van der Waals surface area contributed by atoms with E-state index in [1.807, 2.05) is 0 Å². The van der Waals surface area contributed by atoms with Crippen LogP contribution in [0.3, 0.4) is 0 Å².